The van der Waals surface area contributed by atoms with Gasteiger partial charge in [0.25, 0.3) is 0 Å². The maximum atomic E-state index is 12.8. The third-order valence-electron chi connectivity index (χ3n) is 3.25. The minimum atomic E-state index is -3.52. The van der Waals surface area contributed by atoms with Gasteiger partial charge in [0.15, 0.2) is 0 Å². The predicted octanol–water partition coefficient (Wildman–Crippen LogP) is 2.13. The van der Waals surface area contributed by atoms with Crippen molar-refractivity contribution < 1.29 is 13.2 Å². The molecule has 0 atom stereocenters. The normalized spacial score (nSPS) is 12.1. The Morgan fingerprint density at radius 1 is 1.38 bits per heavy atom. The van der Waals surface area contributed by atoms with E-state index in [4.69, 9.17) is 4.74 Å². The SMILES string of the molecule is CCN(CCOC)S(=O)(=O)c1cc(CNC)cc(Br)c1C. The molecule has 1 rings (SSSR count). The number of halogens is 1. The molecule has 1 N–H and O–H groups in total. The van der Waals surface area contributed by atoms with E-state index in [9.17, 15) is 8.42 Å². The summed E-state index contributed by atoms with van der Waals surface area (Å²) in [7, 11) is -0.124. The molecule has 0 saturated heterocycles. The topological polar surface area (TPSA) is 58.6 Å². The number of methoxy groups -OCH3 is 1. The van der Waals surface area contributed by atoms with Crippen molar-refractivity contribution >= 4 is 26.0 Å². The molecule has 5 nitrogen and oxygen atoms in total. The molecular weight excluding hydrogens is 356 g/mol. The van der Waals surface area contributed by atoms with E-state index in [0.29, 0.717) is 31.1 Å². The summed E-state index contributed by atoms with van der Waals surface area (Å²) in [5.74, 6) is 0. The summed E-state index contributed by atoms with van der Waals surface area (Å²) in [6.07, 6.45) is 0. The van der Waals surface area contributed by atoms with Crippen molar-refractivity contribution in [2.75, 3.05) is 33.9 Å². The van der Waals surface area contributed by atoms with E-state index in [1.807, 2.05) is 27.0 Å². The number of hydrogen-bond donors (Lipinski definition) is 1. The molecule has 0 aliphatic rings. The molecule has 0 radical (unpaired) electrons. The Morgan fingerprint density at radius 3 is 2.57 bits per heavy atom. The third kappa shape index (κ3) is 4.50. The summed E-state index contributed by atoms with van der Waals surface area (Å²) < 4.78 is 32.9. The van der Waals surface area contributed by atoms with Crippen molar-refractivity contribution in [1.29, 1.82) is 0 Å². The number of benzene rings is 1. The van der Waals surface area contributed by atoms with Crippen molar-refractivity contribution in [3.63, 3.8) is 0 Å². The molecule has 21 heavy (non-hydrogen) atoms. The number of rotatable bonds is 8. The lowest BCUT2D eigenvalue weighted by Crippen LogP contribution is -2.34. The number of nitrogens with one attached hydrogen (secondary N) is 1. The Labute approximate surface area is 135 Å². The van der Waals surface area contributed by atoms with Crippen molar-refractivity contribution in [2.45, 2.75) is 25.3 Å². The summed E-state index contributed by atoms with van der Waals surface area (Å²) >= 11 is 3.45. The van der Waals surface area contributed by atoms with E-state index < -0.39 is 10.0 Å². The molecule has 0 amide bonds. The Kier molecular flexibility index (Phi) is 7.29. The predicted molar refractivity (Wildman–Crippen MR) is 88.0 cm³/mol. The van der Waals surface area contributed by atoms with E-state index in [-0.39, 0.29) is 0 Å². The van der Waals surface area contributed by atoms with Crippen LogP contribution in [0.4, 0.5) is 0 Å². The van der Waals surface area contributed by atoms with Crippen molar-refractivity contribution in [3.8, 4) is 0 Å². The lowest BCUT2D eigenvalue weighted by atomic mass is 10.1. The lowest BCUT2D eigenvalue weighted by molar-refractivity contribution is 0.180. The molecule has 0 aromatic heterocycles. The van der Waals surface area contributed by atoms with Crippen LogP contribution in [0.5, 0.6) is 0 Å². The minimum Gasteiger partial charge on any atom is -0.383 e. The highest BCUT2D eigenvalue weighted by atomic mass is 79.9. The van der Waals surface area contributed by atoms with Gasteiger partial charge in [-0.1, -0.05) is 22.9 Å². The lowest BCUT2D eigenvalue weighted by Gasteiger charge is -2.22. The van der Waals surface area contributed by atoms with Crippen LogP contribution in [-0.2, 0) is 21.3 Å². The fraction of sp³-hybridized carbons (Fsp3) is 0.571. The molecule has 0 spiro atoms. The minimum absolute atomic E-state index is 0.347. The van der Waals surface area contributed by atoms with Crippen molar-refractivity contribution in [2.24, 2.45) is 0 Å². The highest BCUT2D eigenvalue weighted by molar-refractivity contribution is 9.10. The molecule has 0 fully saturated rings. The Balaban J connectivity index is 3.28. The zero-order chi connectivity index (χ0) is 16.0. The van der Waals surface area contributed by atoms with Crippen LogP contribution in [0.2, 0.25) is 0 Å². The number of likely N-dealkylation sites (N-methyl/N-ethyl adjacent to an activating group) is 1. The second-order valence-electron chi connectivity index (χ2n) is 4.72. The van der Waals surface area contributed by atoms with E-state index in [1.165, 1.54) is 4.31 Å². The molecule has 0 saturated carbocycles. The Bertz CT molecular complexity index is 576. The van der Waals surface area contributed by atoms with Crippen LogP contribution in [0.15, 0.2) is 21.5 Å². The van der Waals surface area contributed by atoms with Crippen LogP contribution in [0.25, 0.3) is 0 Å². The van der Waals surface area contributed by atoms with Gasteiger partial charge in [0.05, 0.1) is 11.5 Å². The number of sulfonamides is 1. The molecule has 7 heteroatoms. The summed E-state index contributed by atoms with van der Waals surface area (Å²) in [5, 5.41) is 3.04. The van der Waals surface area contributed by atoms with Gasteiger partial charge in [0.1, 0.15) is 0 Å². The summed E-state index contributed by atoms with van der Waals surface area (Å²) in [6.45, 7) is 5.40. The molecule has 0 unspecified atom stereocenters. The first kappa shape index (κ1) is 18.6. The van der Waals surface area contributed by atoms with Gasteiger partial charge in [0, 0.05) is 31.2 Å². The van der Waals surface area contributed by atoms with Gasteiger partial charge in [-0.15, -0.1) is 0 Å². The maximum absolute atomic E-state index is 12.8. The second-order valence-corrected chi connectivity index (χ2v) is 7.48. The number of nitrogens with zero attached hydrogens (tertiary/aromatic N) is 1. The smallest absolute Gasteiger partial charge is 0.243 e. The third-order valence-corrected chi connectivity index (χ3v) is 6.18. The summed E-state index contributed by atoms with van der Waals surface area (Å²) in [6, 6.07) is 3.68. The fourth-order valence-electron chi connectivity index (χ4n) is 2.06. The first-order valence-corrected chi connectivity index (χ1v) is 9.04. The molecular formula is C14H23BrN2O3S. The second kappa shape index (κ2) is 8.24. The highest BCUT2D eigenvalue weighted by Crippen LogP contribution is 2.28. The highest BCUT2D eigenvalue weighted by Gasteiger charge is 2.26. The standard InChI is InChI=1S/C14H23BrN2O3S/c1-5-17(6-7-20-4)21(18,19)14-9-12(10-16-3)8-13(15)11(14)2/h8-9,16H,5-7,10H2,1-4H3. The van der Waals surface area contributed by atoms with E-state index >= 15 is 0 Å². The number of ether oxygens (including phenoxy) is 1. The molecule has 0 heterocycles. The molecule has 0 bridgehead atoms. The molecule has 120 valence electrons. The molecule has 1 aromatic carbocycles. The largest absolute Gasteiger partial charge is 0.383 e. The van der Waals surface area contributed by atoms with Crippen LogP contribution in [0.3, 0.4) is 0 Å². The monoisotopic (exact) mass is 378 g/mol. The average molecular weight is 379 g/mol. The van der Waals surface area contributed by atoms with Gasteiger partial charge in [-0.2, -0.15) is 4.31 Å². The van der Waals surface area contributed by atoms with Gasteiger partial charge in [-0.25, -0.2) is 8.42 Å². The quantitative estimate of drug-likeness (QED) is 0.752. The zero-order valence-corrected chi connectivity index (χ0v) is 15.3. The van der Waals surface area contributed by atoms with E-state index in [1.54, 1.807) is 13.2 Å². The van der Waals surface area contributed by atoms with E-state index in [0.717, 1.165) is 15.6 Å². The van der Waals surface area contributed by atoms with Crippen molar-refractivity contribution in [3.05, 3.63) is 27.7 Å². The first-order valence-electron chi connectivity index (χ1n) is 6.81. The first-order chi connectivity index (χ1) is 9.88. The van der Waals surface area contributed by atoms with Gasteiger partial charge in [-0.3, -0.25) is 0 Å². The summed E-state index contributed by atoms with van der Waals surface area (Å²) in [5.41, 5.74) is 1.65. The molecule has 0 aliphatic heterocycles. The van der Waals surface area contributed by atoms with Crippen LogP contribution < -0.4 is 5.32 Å². The van der Waals surface area contributed by atoms with Gasteiger partial charge < -0.3 is 10.1 Å². The van der Waals surface area contributed by atoms with Crippen LogP contribution in [-0.4, -0.2) is 46.6 Å². The average Bonchev–Trinajstić information content (AvgIpc) is 2.43. The molecule has 0 aliphatic carbocycles. The Morgan fingerprint density at radius 2 is 2.05 bits per heavy atom. The van der Waals surface area contributed by atoms with Gasteiger partial charge in [-0.05, 0) is 37.2 Å². The number of hydrogen-bond acceptors (Lipinski definition) is 4. The summed E-state index contributed by atoms with van der Waals surface area (Å²) in [4.78, 5) is 0.347. The maximum Gasteiger partial charge on any atom is 0.243 e. The van der Waals surface area contributed by atoms with Crippen molar-refractivity contribution in [1.82, 2.24) is 9.62 Å². The van der Waals surface area contributed by atoms with Gasteiger partial charge in [0.2, 0.25) is 10.0 Å². The Hall–Kier alpha value is -0.470. The van der Waals surface area contributed by atoms with Crippen LogP contribution in [0, 0.1) is 6.92 Å². The fourth-order valence-corrected chi connectivity index (χ4v) is 4.43. The molecule has 1 aromatic rings. The van der Waals surface area contributed by atoms with Crippen LogP contribution >= 0.6 is 15.9 Å². The zero-order valence-electron chi connectivity index (χ0n) is 12.9. The van der Waals surface area contributed by atoms with Crippen LogP contribution in [0.1, 0.15) is 18.1 Å². The van der Waals surface area contributed by atoms with Gasteiger partial charge >= 0.3 is 0 Å². The van der Waals surface area contributed by atoms with E-state index in [2.05, 4.69) is 21.2 Å².